The van der Waals surface area contributed by atoms with Crippen LogP contribution in [0.25, 0.3) is 21.2 Å². The van der Waals surface area contributed by atoms with E-state index in [1.165, 1.54) is 0 Å². The zero-order valence-electron chi connectivity index (χ0n) is 12.9. The first-order chi connectivity index (χ1) is 11.0. The molecule has 0 unspecified atom stereocenters. The maximum absolute atomic E-state index is 8.80. The van der Waals surface area contributed by atoms with Gasteiger partial charge in [-0.2, -0.15) is 0 Å². The van der Waals surface area contributed by atoms with Crippen LogP contribution in [-0.4, -0.2) is 29.3 Å². The smallest absolute Gasteiger partial charge is 0.223 e. The van der Waals surface area contributed by atoms with Gasteiger partial charge in [-0.1, -0.05) is 30.6 Å². The zero-order chi connectivity index (χ0) is 16.4. The first kappa shape index (κ1) is 15.8. The molecule has 1 fully saturated rings. The van der Waals surface area contributed by atoms with Gasteiger partial charge in [0.05, 0.1) is 24.1 Å². The number of fused-ring (bicyclic) bond motifs is 1. The molecule has 1 aliphatic rings. The summed E-state index contributed by atoms with van der Waals surface area (Å²) in [5, 5.41) is 5.76. The third kappa shape index (κ3) is 3.17. The summed E-state index contributed by atoms with van der Waals surface area (Å²) < 4.78 is 11.3. The quantitative estimate of drug-likeness (QED) is 0.366. The molecule has 0 amide bonds. The molecule has 2 aromatic heterocycles. The van der Waals surface area contributed by atoms with E-state index in [1.807, 2.05) is 13.8 Å². The standard InChI is InChI=1S/C15H16ClN5O2/c1-15(2,20-21-17)12-7-19-14(23-9-3-4-22-8-9)11-6-18-13(16)5-10(11)12/h5-7,9H,3-4,8H2,1-2H3/t9-/m0/s1. The lowest BCUT2D eigenvalue weighted by Crippen LogP contribution is -2.18. The van der Waals surface area contributed by atoms with Gasteiger partial charge in [0, 0.05) is 23.7 Å². The minimum atomic E-state index is -0.764. The van der Waals surface area contributed by atoms with E-state index in [9.17, 15) is 0 Å². The molecule has 0 bridgehead atoms. The Hall–Kier alpha value is -2.08. The second-order valence-electron chi connectivity index (χ2n) is 5.88. The summed E-state index contributed by atoms with van der Waals surface area (Å²) in [7, 11) is 0. The Morgan fingerprint density at radius 3 is 2.91 bits per heavy atom. The van der Waals surface area contributed by atoms with Crippen LogP contribution >= 0.6 is 11.6 Å². The van der Waals surface area contributed by atoms with Crippen LogP contribution in [0.5, 0.6) is 5.88 Å². The fraction of sp³-hybridized carbons (Fsp3) is 0.467. The molecule has 1 saturated heterocycles. The number of nitrogens with zero attached hydrogens (tertiary/aromatic N) is 5. The summed E-state index contributed by atoms with van der Waals surface area (Å²) in [4.78, 5) is 11.4. The van der Waals surface area contributed by atoms with Crippen molar-refractivity contribution in [1.29, 1.82) is 0 Å². The number of pyridine rings is 2. The Morgan fingerprint density at radius 1 is 1.39 bits per heavy atom. The Morgan fingerprint density at radius 2 is 2.22 bits per heavy atom. The molecule has 8 heteroatoms. The third-order valence-corrected chi connectivity index (χ3v) is 4.03. The molecule has 3 heterocycles. The molecule has 1 atom stereocenters. The SMILES string of the molecule is CC(C)(N=[N+]=[N-])c1cnc(O[C@H]2CCOC2)c2cnc(Cl)cc12. The van der Waals surface area contributed by atoms with Crippen LogP contribution in [0.1, 0.15) is 25.8 Å². The second kappa shape index (κ2) is 6.20. The van der Waals surface area contributed by atoms with Crippen molar-refractivity contribution in [3.8, 4) is 5.88 Å². The van der Waals surface area contributed by atoms with Gasteiger partial charge in [0.15, 0.2) is 0 Å². The van der Waals surface area contributed by atoms with Crippen molar-refractivity contribution in [2.24, 2.45) is 5.11 Å². The molecule has 3 rings (SSSR count). The third-order valence-electron chi connectivity index (χ3n) is 3.82. The van der Waals surface area contributed by atoms with E-state index < -0.39 is 5.54 Å². The van der Waals surface area contributed by atoms with Gasteiger partial charge in [-0.15, -0.1) is 0 Å². The van der Waals surface area contributed by atoms with Gasteiger partial charge < -0.3 is 9.47 Å². The first-order valence-corrected chi connectivity index (χ1v) is 7.64. The zero-order valence-corrected chi connectivity index (χ0v) is 13.6. The number of ether oxygens (including phenoxy) is 2. The Kier molecular flexibility index (Phi) is 4.26. The molecule has 1 aliphatic heterocycles. The lowest BCUT2D eigenvalue weighted by atomic mass is 9.93. The average Bonchev–Trinajstić information content (AvgIpc) is 2.99. The summed E-state index contributed by atoms with van der Waals surface area (Å²) in [6.45, 7) is 4.89. The highest BCUT2D eigenvalue weighted by Gasteiger charge is 2.25. The van der Waals surface area contributed by atoms with E-state index in [0.717, 1.165) is 22.8 Å². The van der Waals surface area contributed by atoms with Crippen molar-refractivity contribution >= 4 is 22.4 Å². The van der Waals surface area contributed by atoms with Crippen LogP contribution in [0.3, 0.4) is 0 Å². The van der Waals surface area contributed by atoms with Crippen LogP contribution in [0.4, 0.5) is 0 Å². The highest BCUT2D eigenvalue weighted by molar-refractivity contribution is 6.30. The van der Waals surface area contributed by atoms with Crippen LogP contribution in [0, 0.1) is 0 Å². The summed E-state index contributed by atoms with van der Waals surface area (Å²) in [6, 6.07) is 1.74. The van der Waals surface area contributed by atoms with Gasteiger partial charge in [0.1, 0.15) is 11.3 Å². The number of aromatic nitrogens is 2. The fourth-order valence-corrected chi connectivity index (χ4v) is 2.75. The van der Waals surface area contributed by atoms with Crippen molar-refractivity contribution < 1.29 is 9.47 Å². The fourth-order valence-electron chi connectivity index (χ4n) is 2.60. The molecule has 0 N–H and O–H groups in total. The Bertz CT molecular complexity index is 783. The maximum Gasteiger partial charge on any atom is 0.223 e. The van der Waals surface area contributed by atoms with Gasteiger partial charge in [-0.3, -0.25) is 0 Å². The molecule has 120 valence electrons. The van der Waals surface area contributed by atoms with Gasteiger partial charge in [-0.25, -0.2) is 9.97 Å². The highest BCUT2D eigenvalue weighted by atomic mass is 35.5. The second-order valence-corrected chi connectivity index (χ2v) is 6.27. The van der Waals surface area contributed by atoms with Crippen molar-refractivity contribution in [2.75, 3.05) is 13.2 Å². The van der Waals surface area contributed by atoms with E-state index in [2.05, 4.69) is 20.0 Å². The van der Waals surface area contributed by atoms with Gasteiger partial charge in [0.2, 0.25) is 5.88 Å². The predicted molar refractivity (Wildman–Crippen MR) is 86.6 cm³/mol. The number of halogens is 1. The van der Waals surface area contributed by atoms with Crippen molar-refractivity contribution in [3.63, 3.8) is 0 Å². The molecule has 0 aliphatic carbocycles. The van der Waals surface area contributed by atoms with Crippen molar-refractivity contribution in [3.05, 3.63) is 39.6 Å². The normalized spacial score (nSPS) is 18.0. The lowest BCUT2D eigenvalue weighted by molar-refractivity contribution is 0.139. The van der Waals surface area contributed by atoms with E-state index in [4.69, 9.17) is 26.6 Å². The number of rotatable bonds is 4. The summed E-state index contributed by atoms with van der Waals surface area (Å²) >= 11 is 6.04. The average molecular weight is 334 g/mol. The largest absolute Gasteiger partial charge is 0.471 e. The van der Waals surface area contributed by atoms with Crippen molar-refractivity contribution in [1.82, 2.24) is 9.97 Å². The Balaban J connectivity index is 2.13. The van der Waals surface area contributed by atoms with Crippen molar-refractivity contribution in [2.45, 2.75) is 31.9 Å². The van der Waals surface area contributed by atoms with Crippen LogP contribution in [-0.2, 0) is 10.3 Å². The topological polar surface area (TPSA) is 93.0 Å². The van der Waals surface area contributed by atoms with Gasteiger partial charge in [0.25, 0.3) is 0 Å². The Labute approximate surface area is 138 Å². The highest BCUT2D eigenvalue weighted by Crippen LogP contribution is 2.35. The molecular weight excluding hydrogens is 318 g/mol. The van der Waals surface area contributed by atoms with E-state index in [-0.39, 0.29) is 6.10 Å². The molecule has 0 spiro atoms. The molecular formula is C15H16ClN5O2. The first-order valence-electron chi connectivity index (χ1n) is 7.26. The molecule has 0 saturated carbocycles. The molecule has 23 heavy (non-hydrogen) atoms. The lowest BCUT2D eigenvalue weighted by Gasteiger charge is -2.22. The van der Waals surface area contributed by atoms with Gasteiger partial charge in [-0.05, 0) is 22.5 Å². The number of hydrogen-bond donors (Lipinski definition) is 0. The van der Waals surface area contributed by atoms with Crippen LogP contribution < -0.4 is 4.74 Å². The summed E-state index contributed by atoms with van der Waals surface area (Å²) in [6.07, 6.45) is 4.11. The maximum atomic E-state index is 8.80. The number of azide groups is 1. The van der Waals surface area contributed by atoms with Gasteiger partial charge >= 0.3 is 0 Å². The summed E-state index contributed by atoms with van der Waals surface area (Å²) in [5.74, 6) is 0.486. The molecule has 0 aromatic carbocycles. The van der Waals surface area contributed by atoms with E-state index >= 15 is 0 Å². The van der Waals surface area contributed by atoms with E-state index in [1.54, 1.807) is 18.5 Å². The monoisotopic (exact) mass is 333 g/mol. The van der Waals surface area contributed by atoms with E-state index in [0.29, 0.717) is 24.2 Å². The number of hydrogen-bond acceptors (Lipinski definition) is 5. The minimum Gasteiger partial charge on any atom is -0.471 e. The van der Waals surface area contributed by atoms with Crippen LogP contribution in [0.15, 0.2) is 23.6 Å². The predicted octanol–water partition coefficient (Wildman–Crippen LogP) is 4.00. The molecule has 0 radical (unpaired) electrons. The molecule has 2 aromatic rings. The van der Waals surface area contributed by atoms with Crippen LogP contribution in [0.2, 0.25) is 5.15 Å². The summed E-state index contributed by atoms with van der Waals surface area (Å²) in [5.41, 5.74) is 8.80. The minimum absolute atomic E-state index is 0.0163. The molecule has 7 nitrogen and oxygen atoms in total.